The average molecular weight is 1330 g/mol. The van der Waals surface area contributed by atoms with E-state index in [1.807, 2.05) is 34.7 Å². The first kappa shape index (κ1) is 38.2. The van der Waals surface area contributed by atoms with Crippen LogP contribution < -0.4 is 0 Å². The maximum atomic E-state index is 14.5. The molecule has 0 aromatic heterocycles. The van der Waals surface area contributed by atoms with Gasteiger partial charge in [-0.3, -0.25) is 9.35 Å². The van der Waals surface area contributed by atoms with Gasteiger partial charge in [-0.25, -0.2) is 9.59 Å². The molecule has 1 N–H and O–H groups in total. The Labute approximate surface area is 345 Å². The number of carbonyl (C=O) groups excluding carboxylic acids is 3. The van der Waals surface area contributed by atoms with Gasteiger partial charge >= 0.3 is 33.3 Å². The smallest absolute Gasteiger partial charge is 0.405 e. The van der Waals surface area contributed by atoms with Crippen molar-refractivity contribution in [1.29, 1.82) is 0 Å². The Morgan fingerprint density at radius 2 is 1.43 bits per heavy atom. The van der Waals surface area contributed by atoms with E-state index in [-0.39, 0.29) is 31.6 Å². The normalized spacial score (nSPS) is 27.7. The lowest BCUT2D eigenvalue weighted by Crippen LogP contribution is -2.67. The maximum absolute atomic E-state index is 14.5. The number of rotatable bonds is 8. The van der Waals surface area contributed by atoms with Crippen molar-refractivity contribution < 1.29 is 50.3 Å². The van der Waals surface area contributed by atoms with Crippen molar-refractivity contribution >= 4 is 164 Å². The summed E-state index contributed by atoms with van der Waals surface area (Å²) in [6.45, 7) is 0.680. The van der Waals surface area contributed by atoms with E-state index in [4.69, 9.17) is 18.8 Å². The summed E-state index contributed by atoms with van der Waals surface area (Å²) in [7, 11) is -5.90. The molecule has 9 nitrogen and oxygen atoms in total. The molecule has 4 aliphatic carbocycles. The van der Waals surface area contributed by atoms with Gasteiger partial charge < -0.3 is 14.2 Å². The fourth-order valence-corrected chi connectivity index (χ4v) is 12.4. The van der Waals surface area contributed by atoms with Crippen LogP contribution in [0.15, 0.2) is 24.3 Å². The van der Waals surface area contributed by atoms with Gasteiger partial charge in [-0.2, -0.15) is 17.2 Å². The van der Waals surface area contributed by atoms with Gasteiger partial charge in [0, 0.05) is 40.7 Å². The second-order valence-electron chi connectivity index (χ2n) is 12.0. The van der Waals surface area contributed by atoms with Crippen molar-refractivity contribution in [3.8, 4) is 0 Å². The van der Waals surface area contributed by atoms with E-state index in [0.717, 1.165) is 10.7 Å². The first-order valence-electron chi connectivity index (χ1n) is 13.4. The van der Waals surface area contributed by atoms with Crippen LogP contribution in [0.4, 0.5) is 8.78 Å². The third kappa shape index (κ3) is 7.20. The minimum atomic E-state index is -5.90. The van der Waals surface area contributed by atoms with Crippen molar-refractivity contribution in [2.45, 2.75) is 68.0 Å². The number of hydrogen-bond donors (Lipinski definition) is 1. The zero-order chi connectivity index (χ0) is 34.2. The van der Waals surface area contributed by atoms with Crippen LogP contribution in [0.2, 0.25) is 0 Å². The summed E-state index contributed by atoms with van der Waals surface area (Å²) >= 11 is 12.5. The van der Waals surface area contributed by atoms with Gasteiger partial charge in [-0.15, -0.1) is 0 Å². The Morgan fingerprint density at radius 1 is 0.870 bits per heavy atom. The fourth-order valence-electron chi connectivity index (χ4n) is 7.20. The molecule has 4 saturated carbocycles. The molecule has 5 unspecified atom stereocenters. The van der Waals surface area contributed by atoms with E-state index in [0.29, 0.717) is 41.6 Å². The van der Waals surface area contributed by atoms with Gasteiger partial charge in [0.1, 0.15) is 11.2 Å². The Bertz CT molecular complexity index is 1780. The van der Waals surface area contributed by atoms with Crippen LogP contribution in [0.5, 0.6) is 0 Å². The maximum Gasteiger partial charge on any atom is 0.405 e. The number of alkyl halides is 2. The van der Waals surface area contributed by atoms with Gasteiger partial charge in [0.25, 0.3) is 0 Å². The highest BCUT2D eigenvalue weighted by Gasteiger charge is 2.70. The van der Waals surface area contributed by atoms with E-state index in [1.54, 1.807) is 12.1 Å². The summed E-state index contributed by atoms with van der Waals surface area (Å²) < 4.78 is 83.0. The minimum absolute atomic E-state index is 0.0778. The molecule has 0 spiro atoms. The third-order valence-corrected chi connectivity index (χ3v) is 17.2. The molecule has 6 rings (SSSR count). The second-order valence-corrected chi connectivity index (χ2v) is 20.4. The number of hydrogen-bond acceptors (Lipinski definition) is 8. The van der Waals surface area contributed by atoms with Crippen LogP contribution >= 0.6 is 136 Å². The van der Waals surface area contributed by atoms with Gasteiger partial charge in [0.05, 0.1) is 16.5 Å². The summed E-state index contributed by atoms with van der Waals surface area (Å²) in [5.41, 5.74) is -3.51. The van der Waals surface area contributed by atoms with E-state index >= 15 is 0 Å². The number of esters is 3. The topological polar surface area (TPSA) is 133 Å². The van der Waals surface area contributed by atoms with Crippen molar-refractivity contribution in [2.75, 3.05) is 0 Å². The molecule has 2 aromatic rings. The molecule has 4 aliphatic rings. The summed E-state index contributed by atoms with van der Waals surface area (Å²) in [4.78, 5) is 41.5. The van der Waals surface area contributed by atoms with E-state index < -0.39 is 56.0 Å². The van der Waals surface area contributed by atoms with Crippen molar-refractivity contribution in [3.63, 3.8) is 0 Å². The molecule has 0 radical (unpaired) electrons. The lowest BCUT2D eigenvalue weighted by molar-refractivity contribution is -0.241. The molecule has 4 fully saturated rings. The van der Waals surface area contributed by atoms with E-state index in [9.17, 15) is 31.6 Å². The van der Waals surface area contributed by atoms with Gasteiger partial charge in [-0.1, -0.05) is 0 Å². The van der Waals surface area contributed by atoms with Crippen LogP contribution in [0.1, 0.15) is 66.2 Å². The molecule has 4 bridgehead atoms. The van der Waals surface area contributed by atoms with Crippen LogP contribution in [0.3, 0.4) is 0 Å². The number of benzene rings is 2. The monoisotopic (exact) mass is 1330 g/mol. The van der Waals surface area contributed by atoms with E-state index in [1.165, 1.54) is 0 Å². The van der Waals surface area contributed by atoms with Crippen LogP contribution in [-0.4, -0.2) is 53.4 Å². The highest BCUT2D eigenvalue weighted by molar-refractivity contribution is 14.1. The number of ether oxygens (including phenoxy) is 3. The zero-order valence-corrected chi connectivity index (χ0v) is 37.1. The Hall–Kier alpha value is 1.00. The van der Waals surface area contributed by atoms with Crippen LogP contribution in [0, 0.1) is 32.8 Å². The average Bonchev–Trinajstić information content (AvgIpc) is 2.90. The van der Waals surface area contributed by atoms with Crippen LogP contribution in [-0.2, 0) is 29.1 Å². The fraction of sp³-hybridized carbons (Fsp3) is 0.464. The standard InChI is InChI=1S/C28H22F2I6O9S/c1-12(28(29,30)46(40,41)42)43-24(39)25-6-13-7-26(9-25,44-22(37)15-4-14(31)5-18(34)20(15)35)11-27(8-13,10-25)45-23(38)19-16(32)2-3-17(33)21(19)36/h2-5,12-13H,6-11H2,1H3,(H,40,41,42). The summed E-state index contributed by atoms with van der Waals surface area (Å²) in [6, 6.07) is 7.24. The summed E-state index contributed by atoms with van der Waals surface area (Å²) in [5.74, 6) is -2.72. The molecule has 18 heteroatoms. The molecule has 5 atom stereocenters. The second kappa shape index (κ2) is 13.5. The molecular formula is C28H22F2I6O9S. The van der Waals surface area contributed by atoms with Crippen molar-refractivity contribution in [3.05, 3.63) is 56.8 Å². The highest BCUT2D eigenvalue weighted by atomic mass is 127. The number of carbonyl (C=O) groups is 3. The molecule has 250 valence electrons. The molecular weight excluding hydrogens is 1310 g/mol. The van der Waals surface area contributed by atoms with Crippen molar-refractivity contribution in [2.24, 2.45) is 11.3 Å². The third-order valence-electron chi connectivity index (χ3n) is 8.58. The predicted octanol–water partition coefficient (Wildman–Crippen LogP) is 8.20. The Balaban J connectivity index is 1.55. The first-order chi connectivity index (χ1) is 21.1. The first-order valence-corrected chi connectivity index (χ1v) is 21.4. The highest BCUT2D eigenvalue weighted by Crippen LogP contribution is 2.66. The van der Waals surface area contributed by atoms with Crippen LogP contribution in [0.25, 0.3) is 0 Å². The lowest BCUT2D eigenvalue weighted by atomic mass is 9.46. The Kier molecular flexibility index (Phi) is 11.2. The molecule has 0 aliphatic heterocycles. The van der Waals surface area contributed by atoms with Gasteiger partial charge in [0.2, 0.25) is 0 Å². The predicted molar refractivity (Wildman–Crippen MR) is 211 cm³/mol. The van der Waals surface area contributed by atoms with E-state index in [2.05, 4.69) is 113 Å². The number of halogens is 8. The molecule has 2 aromatic carbocycles. The van der Waals surface area contributed by atoms with Gasteiger partial charge in [0.15, 0.2) is 6.10 Å². The zero-order valence-electron chi connectivity index (χ0n) is 23.4. The SMILES string of the molecule is CC(OC(=O)C12CC3CC(OC(=O)c4cc(I)cc(I)c4I)(CC(OC(=O)c4c(I)ccc(I)c4I)(C3)C1)C2)C(F)(F)S(=O)(=O)O. The molecule has 0 amide bonds. The van der Waals surface area contributed by atoms with Gasteiger partial charge in [-0.05, 0) is 192 Å². The summed E-state index contributed by atoms with van der Waals surface area (Å²) in [5, 5.41) is -4.77. The largest absolute Gasteiger partial charge is 0.455 e. The minimum Gasteiger partial charge on any atom is -0.455 e. The Morgan fingerprint density at radius 3 is 2.02 bits per heavy atom. The summed E-state index contributed by atoms with van der Waals surface area (Å²) in [6.07, 6.45) is -1.77. The molecule has 46 heavy (non-hydrogen) atoms. The van der Waals surface area contributed by atoms with Crippen molar-refractivity contribution in [1.82, 2.24) is 0 Å². The molecule has 0 heterocycles. The lowest BCUT2D eigenvalue weighted by Gasteiger charge is -2.63. The quantitative estimate of drug-likeness (QED) is 0.0914. The molecule has 0 saturated heterocycles.